The number of nitrogens with one attached hydrogen (secondary N) is 1. The number of carbonyl (C=O) groups excluding carboxylic acids is 2. The van der Waals surface area contributed by atoms with Crippen LogP contribution >= 0.6 is 0 Å². The molecule has 16 heteroatoms. The molecule has 0 spiro atoms. The Kier molecular flexibility index (Phi) is 10.1. The Morgan fingerprint density at radius 3 is 2.42 bits per heavy atom. The minimum Gasteiger partial charge on any atom is -0.493 e. The average Bonchev–Trinajstić information content (AvgIpc) is 3.03. The number of ether oxygens (including phenoxy) is 3. The van der Waals surface area contributed by atoms with Crippen LogP contribution in [0.5, 0.6) is 11.5 Å². The third-order valence-corrected chi connectivity index (χ3v) is 10.7. The van der Waals surface area contributed by atoms with Crippen LogP contribution in [0.1, 0.15) is 37.3 Å². The molecule has 0 aliphatic heterocycles. The van der Waals surface area contributed by atoms with Crippen LogP contribution in [0.4, 0.5) is 29.1 Å². The molecular formula is C34H34F4N4O7S. The van der Waals surface area contributed by atoms with Crippen molar-refractivity contribution in [2.24, 2.45) is 0 Å². The van der Waals surface area contributed by atoms with Crippen molar-refractivity contribution in [3.8, 4) is 11.5 Å². The van der Waals surface area contributed by atoms with Gasteiger partial charge in [-0.25, -0.2) is 22.6 Å². The van der Waals surface area contributed by atoms with Crippen molar-refractivity contribution in [2.45, 2.75) is 54.8 Å². The number of fused-ring (bicyclic) bond motifs is 1. The number of pyridine rings is 1. The van der Waals surface area contributed by atoms with Gasteiger partial charge in [0.25, 0.3) is 11.6 Å². The summed E-state index contributed by atoms with van der Waals surface area (Å²) in [7, 11) is -1.46. The Labute approximate surface area is 285 Å². The van der Waals surface area contributed by atoms with Crippen LogP contribution in [0.2, 0.25) is 0 Å². The molecule has 1 atom stereocenters. The molecule has 0 radical (unpaired) electrons. The summed E-state index contributed by atoms with van der Waals surface area (Å²) in [4.78, 5) is 32.2. The third kappa shape index (κ3) is 6.97. The largest absolute Gasteiger partial charge is 0.493 e. The van der Waals surface area contributed by atoms with Crippen LogP contribution in [-0.4, -0.2) is 62.4 Å². The first-order valence-electron chi connectivity index (χ1n) is 15.4. The summed E-state index contributed by atoms with van der Waals surface area (Å²) in [6, 6.07) is 13.3. The molecule has 1 saturated carbocycles. The Hall–Kier alpha value is -5.12. The number of carbonyl (C=O) groups is 2. The number of methoxy groups -OCH3 is 1. The monoisotopic (exact) mass is 718 g/mol. The number of amides is 1. The van der Waals surface area contributed by atoms with E-state index < -0.39 is 56.8 Å². The summed E-state index contributed by atoms with van der Waals surface area (Å²) < 4.78 is 101. The summed E-state index contributed by atoms with van der Waals surface area (Å²) in [6.07, 6.45) is -2.61. The van der Waals surface area contributed by atoms with E-state index in [0.29, 0.717) is 23.6 Å². The van der Waals surface area contributed by atoms with Crippen molar-refractivity contribution in [2.75, 3.05) is 31.8 Å². The van der Waals surface area contributed by atoms with Crippen LogP contribution in [0.3, 0.4) is 0 Å². The number of rotatable bonds is 12. The van der Waals surface area contributed by atoms with Crippen LogP contribution in [0.25, 0.3) is 10.8 Å². The molecule has 266 valence electrons. The van der Waals surface area contributed by atoms with Crippen LogP contribution in [-0.2, 0) is 36.4 Å². The van der Waals surface area contributed by atoms with Gasteiger partial charge in [-0.2, -0.15) is 13.2 Å². The fourth-order valence-electron chi connectivity index (χ4n) is 5.64. The molecular weight excluding hydrogens is 684 g/mol. The van der Waals surface area contributed by atoms with E-state index in [1.165, 1.54) is 61.8 Å². The molecule has 4 aromatic rings. The van der Waals surface area contributed by atoms with Crippen molar-refractivity contribution < 1.29 is 49.8 Å². The number of hydrogen-bond donors (Lipinski definition) is 2. The molecule has 3 aromatic carbocycles. The van der Waals surface area contributed by atoms with E-state index in [1.54, 1.807) is 6.92 Å². The second-order valence-corrected chi connectivity index (χ2v) is 13.8. The first-order chi connectivity index (χ1) is 23.6. The number of benzene rings is 3. The van der Waals surface area contributed by atoms with Crippen LogP contribution in [0, 0.1) is 5.82 Å². The van der Waals surface area contributed by atoms with Gasteiger partial charge in [0.1, 0.15) is 11.6 Å². The second-order valence-electron chi connectivity index (χ2n) is 11.6. The van der Waals surface area contributed by atoms with Crippen molar-refractivity contribution in [1.29, 1.82) is 0 Å². The summed E-state index contributed by atoms with van der Waals surface area (Å²) in [5.41, 5.74) is 1.91. The summed E-state index contributed by atoms with van der Waals surface area (Å²) in [5.74, 6) is -5.69. The molecule has 11 nitrogen and oxygen atoms in total. The number of likely N-dealkylation sites (N-methyl/N-ethyl adjacent to an activating group) is 1. The van der Waals surface area contributed by atoms with Gasteiger partial charge >= 0.3 is 12.1 Å². The maximum absolute atomic E-state index is 16.2. The van der Waals surface area contributed by atoms with Crippen molar-refractivity contribution in [1.82, 2.24) is 9.88 Å². The van der Waals surface area contributed by atoms with Crippen molar-refractivity contribution in [3.63, 3.8) is 0 Å². The maximum atomic E-state index is 16.2. The lowest BCUT2D eigenvalue weighted by Crippen LogP contribution is -2.55. The summed E-state index contributed by atoms with van der Waals surface area (Å²) >= 11 is 0. The lowest BCUT2D eigenvalue weighted by atomic mass is 9.97. The molecule has 50 heavy (non-hydrogen) atoms. The topological polar surface area (TPSA) is 150 Å². The molecule has 1 heterocycles. The van der Waals surface area contributed by atoms with Gasteiger partial charge in [0.05, 0.1) is 29.4 Å². The van der Waals surface area contributed by atoms with Gasteiger partial charge in [0.15, 0.2) is 21.3 Å². The molecule has 1 aromatic heterocycles. The lowest BCUT2D eigenvalue weighted by Gasteiger charge is -2.37. The highest BCUT2D eigenvalue weighted by molar-refractivity contribution is 7.92. The number of hydrogen-bond acceptors (Lipinski definition) is 10. The Morgan fingerprint density at radius 1 is 1.06 bits per heavy atom. The van der Waals surface area contributed by atoms with E-state index in [9.17, 15) is 31.2 Å². The van der Waals surface area contributed by atoms with Crippen molar-refractivity contribution in [3.05, 3.63) is 83.8 Å². The third-order valence-electron chi connectivity index (χ3n) is 8.35. The number of esters is 1. The number of nitrogens with zero attached hydrogens (tertiary/aromatic N) is 2. The van der Waals surface area contributed by atoms with E-state index in [4.69, 9.17) is 19.9 Å². The highest BCUT2D eigenvalue weighted by Crippen LogP contribution is 2.41. The predicted molar refractivity (Wildman–Crippen MR) is 175 cm³/mol. The molecule has 1 fully saturated rings. The van der Waals surface area contributed by atoms with Crippen LogP contribution < -0.4 is 20.5 Å². The lowest BCUT2D eigenvalue weighted by molar-refractivity contribution is -0.215. The molecule has 1 aliphatic carbocycles. The fourth-order valence-corrected chi connectivity index (χ4v) is 7.72. The van der Waals surface area contributed by atoms with E-state index in [-0.39, 0.29) is 40.1 Å². The SMILES string of the molecule is CCOc1cc(C(Nc2ccc3c(N)nccc3c2)(OC(=O)C(F)(F)F)C(=O)N(C)Cc2ccccc2S(=O)(=O)C2CCC2)c(F)cc1OC. The number of nitrogen functional groups attached to an aromatic ring is 1. The van der Waals surface area contributed by atoms with Gasteiger partial charge in [-0.15, -0.1) is 0 Å². The maximum Gasteiger partial charge on any atom is 0.491 e. The zero-order valence-corrected chi connectivity index (χ0v) is 28.0. The highest BCUT2D eigenvalue weighted by Gasteiger charge is 2.54. The highest BCUT2D eigenvalue weighted by atomic mass is 32.2. The number of alkyl halides is 3. The zero-order valence-electron chi connectivity index (χ0n) is 27.2. The average molecular weight is 719 g/mol. The van der Waals surface area contributed by atoms with Gasteiger partial charge in [-0.05, 0) is 67.1 Å². The van der Waals surface area contributed by atoms with E-state index in [0.717, 1.165) is 30.5 Å². The van der Waals surface area contributed by atoms with Crippen molar-refractivity contribution >= 4 is 44.0 Å². The quantitative estimate of drug-likeness (QED) is 0.106. The van der Waals surface area contributed by atoms with Gasteiger partial charge in [-0.1, -0.05) is 24.6 Å². The summed E-state index contributed by atoms with van der Waals surface area (Å²) in [6.45, 7) is 1.11. The molecule has 1 amide bonds. The Morgan fingerprint density at radius 2 is 1.78 bits per heavy atom. The number of nitrogens with two attached hydrogens (primary N) is 1. The molecule has 0 saturated heterocycles. The zero-order chi connectivity index (χ0) is 36.4. The summed E-state index contributed by atoms with van der Waals surface area (Å²) in [5, 5.41) is 2.83. The Bertz CT molecular complexity index is 2040. The van der Waals surface area contributed by atoms with E-state index >= 15 is 4.39 Å². The molecule has 5 rings (SSSR count). The normalized spacial score (nSPS) is 14.7. The number of anilines is 2. The standard InChI is InChI=1S/C34H34F4N4O7S/c1-4-48-28-17-25(26(35)18-27(28)47-3)33(49-32(44)34(36,37)38,41-22-12-13-24-20(16-22)14-15-40-30(24)39)31(43)42(2)19-21-8-5-6-11-29(21)50(45,46)23-9-7-10-23/h5-6,8,11-18,23,41H,4,7,9-10,19H2,1-3H3,(H2,39,40). The van der Waals surface area contributed by atoms with Gasteiger partial charge < -0.3 is 30.2 Å². The van der Waals surface area contributed by atoms with Gasteiger partial charge in [0, 0.05) is 36.9 Å². The Balaban J connectivity index is 1.71. The minimum atomic E-state index is -5.63. The molecule has 1 unspecified atom stereocenters. The first kappa shape index (κ1) is 36.2. The number of sulfone groups is 1. The first-order valence-corrected chi connectivity index (χ1v) is 17.0. The van der Waals surface area contributed by atoms with E-state index in [1.807, 2.05) is 0 Å². The molecule has 3 N–H and O–H groups in total. The van der Waals surface area contributed by atoms with Crippen LogP contribution in [0.15, 0.2) is 71.8 Å². The fraction of sp³-hybridized carbons (Fsp3) is 0.324. The van der Waals surface area contributed by atoms with E-state index in [2.05, 4.69) is 10.3 Å². The number of halogens is 4. The van der Waals surface area contributed by atoms with Gasteiger partial charge in [0.2, 0.25) is 0 Å². The number of aromatic nitrogens is 1. The smallest absolute Gasteiger partial charge is 0.491 e. The second kappa shape index (κ2) is 14.0. The molecule has 1 aliphatic rings. The molecule has 0 bridgehead atoms. The minimum absolute atomic E-state index is 0.00440. The predicted octanol–water partition coefficient (Wildman–Crippen LogP) is 5.72. The van der Waals surface area contributed by atoms with Gasteiger partial charge in [-0.3, -0.25) is 4.79 Å².